The van der Waals surface area contributed by atoms with E-state index in [1.165, 1.54) is 15.6 Å². The first kappa shape index (κ1) is 21.4. The summed E-state index contributed by atoms with van der Waals surface area (Å²) in [5.74, 6) is -0.0332. The van der Waals surface area contributed by atoms with Gasteiger partial charge in [0.25, 0.3) is 5.91 Å². The van der Waals surface area contributed by atoms with Gasteiger partial charge in [-0.05, 0) is 43.5 Å². The fraction of sp³-hybridized carbons (Fsp3) is 0.400. The quantitative estimate of drug-likeness (QED) is 0.587. The molecular weight excluding hydrogens is 470 g/mol. The largest absolute Gasteiger partial charge is 0.335 e. The van der Waals surface area contributed by atoms with Crippen LogP contribution in [0.5, 0.6) is 0 Å². The Balaban J connectivity index is 1.27. The third kappa shape index (κ3) is 3.91. The lowest BCUT2D eigenvalue weighted by molar-refractivity contribution is -0.117. The van der Waals surface area contributed by atoms with Crippen LogP contribution >= 0.6 is 23.1 Å². The molecule has 1 saturated carbocycles. The summed E-state index contributed by atoms with van der Waals surface area (Å²) in [6.45, 7) is 2.85. The minimum absolute atomic E-state index is 0.00871. The number of amides is 2. The van der Waals surface area contributed by atoms with Crippen LogP contribution in [-0.2, 0) is 14.8 Å². The molecular formula is C20H21N5O4S3. The number of rotatable bonds is 5. The molecule has 12 heteroatoms. The van der Waals surface area contributed by atoms with Crippen molar-refractivity contribution in [2.75, 3.05) is 31.5 Å². The van der Waals surface area contributed by atoms with Gasteiger partial charge in [-0.15, -0.1) is 11.3 Å². The number of piperazine rings is 1. The minimum atomic E-state index is -3.74. The molecule has 0 bridgehead atoms. The number of carbonyl (C=O) groups excluding carboxylic acids is 2. The second kappa shape index (κ2) is 8.18. The number of nitrogens with one attached hydrogen (secondary N) is 1. The van der Waals surface area contributed by atoms with E-state index in [1.54, 1.807) is 23.1 Å². The first-order chi connectivity index (χ1) is 15.3. The van der Waals surface area contributed by atoms with Crippen molar-refractivity contribution in [2.45, 2.75) is 24.7 Å². The van der Waals surface area contributed by atoms with Crippen LogP contribution in [0.3, 0.4) is 0 Å². The number of hydrogen-bond donors (Lipinski definition) is 1. The van der Waals surface area contributed by atoms with Crippen LogP contribution in [0.25, 0.3) is 11.0 Å². The Bertz CT molecular complexity index is 1300. The van der Waals surface area contributed by atoms with E-state index in [4.69, 9.17) is 0 Å². The van der Waals surface area contributed by atoms with Gasteiger partial charge in [-0.2, -0.15) is 13.1 Å². The van der Waals surface area contributed by atoms with Gasteiger partial charge in [0.05, 0.1) is 21.6 Å². The highest BCUT2D eigenvalue weighted by Gasteiger charge is 2.33. The molecule has 168 valence electrons. The summed E-state index contributed by atoms with van der Waals surface area (Å²) >= 11 is 2.25. The van der Waals surface area contributed by atoms with Gasteiger partial charge >= 0.3 is 0 Å². The predicted octanol–water partition coefficient (Wildman–Crippen LogP) is 2.56. The topological polar surface area (TPSA) is 113 Å². The van der Waals surface area contributed by atoms with Crippen LogP contribution in [-0.4, -0.2) is 64.4 Å². The average Bonchev–Trinajstić information content (AvgIpc) is 3.42. The third-order valence-corrected chi connectivity index (χ3v) is 9.31. The van der Waals surface area contributed by atoms with Crippen LogP contribution in [0.2, 0.25) is 0 Å². The molecule has 0 spiro atoms. The zero-order chi connectivity index (χ0) is 22.5. The number of aryl methyl sites for hydroxylation is 1. The Hall–Kier alpha value is -2.41. The van der Waals surface area contributed by atoms with Gasteiger partial charge < -0.3 is 10.2 Å². The zero-order valence-electron chi connectivity index (χ0n) is 17.3. The first-order valence-electron chi connectivity index (χ1n) is 10.3. The molecule has 2 aromatic heterocycles. The smallest absolute Gasteiger partial charge is 0.264 e. The van der Waals surface area contributed by atoms with Crippen molar-refractivity contribution >= 4 is 60.9 Å². The highest BCUT2D eigenvalue weighted by atomic mass is 32.2. The standard InChI is InChI=1S/C20H21N5O4S3/c1-12-11-16(21-19(26)13-5-6-13)30-18(12)20(27)24-7-9-25(10-8-24)32(28,29)15-4-2-3-14-17(15)23-31-22-14/h2-4,11,13H,5-10H2,1H3,(H,21,26). The number of hydrogen-bond acceptors (Lipinski definition) is 8. The van der Waals surface area contributed by atoms with E-state index in [-0.39, 0.29) is 35.7 Å². The van der Waals surface area contributed by atoms with Crippen molar-refractivity contribution in [1.29, 1.82) is 0 Å². The van der Waals surface area contributed by atoms with Crippen LogP contribution in [0.15, 0.2) is 29.2 Å². The number of benzene rings is 1. The first-order valence-corrected chi connectivity index (χ1v) is 13.3. The summed E-state index contributed by atoms with van der Waals surface area (Å²) in [6.07, 6.45) is 1.84. The summed E-state index contributed by atoms with van der Waals surface area (Å²) in [6, 6.07) is 6.76. The highest BCUT2D eigenvalue weighted by molar-refractivity contribution is 7.89. The molecule has 3 aromatic rings. The van der Waals surface area contributed by atoms with E-state index in [1.807, 2.05) is 13.0 Å². The van der Waals surface area contributed by atoms with E-state index in [0.29, 0.717) is 34.0 Å². The molecule has 5 rings (SSSR count). The van der Waals surface area contributed by atoms with Crippen molar-refractivity contribution in [3.63, 3.8) is 0 Å². The lowest BCUT2D eigenvalue weighted by Crippen LogP contribution is -2.50. The molecule has 1 saturated heterocycles. The predicted molar refractivity (Wildman–Crippen MR) is 122 cm³/mol. The Morgan fingerprint density at radius 1 is 1.12 bits per heavy atom. The van der Waals surface area contributed by atoms with Crippen molar-refractivity contribution < 1.29 is 18.0 Å². The Labute approximate surface area is 193 Å². The monoisotopic (exact) mass is 491 g/mol. The summed E-state index contributed by atoms with van der Waals surface area (Å²) in [5, 5.41) is 3.57. The van der Waals surface area contributed by atoms with Crippen molar-refractivity contribution in [3.8, 4) is 0 Å². The van der Waals surface area contributed by atoms with Crippen molar-refractivity contribution in [2.24, 2.45) is 5.92 Å². The molecule has 1 N–H and O–H groups in total. The second-order valence-electron chi connectivity index (χ2n) is 7.97. The molecule has 1 aliphatic carbocycles. The highest BCUT2D eigenvalue weighted by Crippen LogP contribution is 2.33. The van der Waals surface area contributed by atoms with Gasteiger partial charge in [0, 0.05) is 32.1 Å². The molecule has 0 unspecified atom stereocenters. The SMILES string of the molecule is Cc1cc(NC(=O)C2CC2)sc1C(=O)N1CCN(S(=O)(=O)c2cccc3nsnc23)CC1. The van der Waals surface area contributed by atoms with Crippen molar-refractivity contribution in [3.05, 3.63) is 34.7 Å². The van der Waals surface area contributed by atoms with E-state index in [0.717, 1.165) is 30.1 Å². The minimum Gasteiger partial charge on any atom is -0.335 e. The zero-order valence-corrected chi connectivity index (χ0v) is 19.7. The van der Waals surface area contributed by atoms with Gasteiger partial charge in [0.2, 0.25) is 15.9 Å². The number of carbonyl (C=O) groups is 2. The van der Waals surface area contributed by atoms with Crippen molar-refractivity contribution in [1.82, 2.24) is 18.0 Å². The summed E-state index contributed by atoms with van der Waals surface area (Å²) < 4.78 is 36.0. The molecule has 9 nitrogen and oxygen atoms in total. The lowest BCUT2D eigenvalue weighted by Gasteiger charge is -2.33. The molecule has 2 amide bonds. The Kier molecular flexibility index (Phi) is 5.48. The molecule has 3 heterocycles. The van der Waals surface area contributed by atoms with E-state index >= 15 is 0 Å². The molecule has 0 radical (unpaired) electrons. The normalized spacial score (nSPS) is 17.6. The van der Waals surface area contributed by atoms with Crippen LogP contribution in [0.4, 0.5) is 5.00 Å². The number of fused-ring (bicyclic) bond motifs is 1. The molecule has 1 aromatic carbocycles. The summed E-state index contributed by atoms with van der Waals surface area (Å²) in [7, 11) is -3.74. The van der Waals surface area contributed by atoms with Crippen LogP contribution < -0.4 is 5.32 Å². The molecule has 1 aliphatic heterocycles. The van der Waals surface area contributed by atoms with Gasteiger partial charge in [0.15, 0.2) is 0 Å². The molecule has 0 atom stereocenters. The van der Waals surface area contributed by atoms with Gasteiger partial charge in [-0.3, -0.25) is 9.59 Å². The molecule has 2 aliphatic rings. The average molecular weight is 492 g/mol. The summed E-state index contributed by atoms with van der Waals surface area (Å²) in [5.41, 5.74) is 1.75. The van der Waals surface area contributed by atoms with Gasteiger partial charge in [-0.1, -0.05) is 6.07 Å². The molecule has 2 fully saturated rings. The van der Waals surface area contributed by atoms with E-state index in [9.17, 15) is 18.0 Å². The van der Waals surface area contributed by atoms with Crippen LogP contribution in [0.1, 0.15) is 28.1 Å². The number of thiophene rings is 1. The van der Waals surface area contributed by atoms with E-state index < -0.39 is 10.0 Å². The number of sulfonamides is 1. The number of nitrogens with zero attached hydrogens (tertiary/aromatic N) is 4. The fourth-order valence-electron chi connectivity index (χ4n) is 3.73. The lowest BCUT2D eigenvalue weighted by atomic mass is 10.2. The Morgan fingerprint density at radius 2 is 1.88 bits per heavy atom. The van der Waals surface area contributed by atoms with Gasteiger partial charge in [0.1, 0.15) is 15.9 Å². The Morgan fingerprint density at radius 3 is 2.59 bits per heavy atom. The third-order valence-electron chi connectivity index (χ3n) is 5.70. The van der Waals surface area contributed by atoms with Gasteiger partial charge in [-0.25, -0.2) is 8.42 Å². The second-order valence-corrected chi connectivity index (χ2v) is 11.5. The maximum Gasteiger partial charge on any atom is 0.264 e. The van der Waals surface area contributed by atoms with E-state index in [2.05, 4.69) is 14.1 Å². The molecule has 32 heavy (non-hydrogen) atoms. The fourth-order valence-corrected chi connectivity index (χ4v) is 6.95. The summed E-state index contributed by atoms with van der Waals surface area (Å²) in [4.78, 5) is 27.5. The number of aromatic nitrogens is 2. The van der Waals surface area contributed by atoms with Crippen LogP contribution in [0, 0.1) is 12.8 Å². The maximum atomic E-state index is 13.2. The maximum absolute atomic E-state index is 13.2. The number of anilines is 1.